The predicted octanol–water partition coefficient (Wildman–Crippen LogP) is 5.89. The van der Waals surface area contributed by atoms with Gasteiger partial charge in [-0.25, -0.2) is 0 Å². The topological polar surface area (TPSA) is 33.0 Å². The number of fused-ring (bicyclic) bond motifs is 5. The number of benzene rings is 2. The molecule has 0 fully saturated rings. The summed E-state index contributed by atoms with van der Waals surface area (Å²) in [6.07, 6.45) is 2.51. The Morgan fingerprint density at radius 2 is 1.65 bits per heavy atom. The normalized spacial score (nSPS) is 19.6. The van der Waals surface area contributed by atoms with Crippen LogP contribution in [0.1, 0.15) is 17.5 Å². The molecule has 0 N–H and O–H groups in total. The first-order valence-electron chi connectivity index (χ1n) is 8.56. The van der Waals surface area contributed by atoms with Gasteiger partial charge in [0.15, 0.2) is 0 Å². The van der Waals surface area contributed by atoms with Gasteiger partial charge in [0.05, 0.1) is 12.1 Å². The van der Waals surface area contributed by atoms with Gasteiger partial charge < -0.3 is 4.74 Å². The second kappa shape index (κ2) is 6.42. The molecule has 3 heterocycles. The number of hydrogen-bond donors (Lipinski definition) is 0. The van der Waals surface area contributed by atoms with Gasteiger partial charge in [0, 0.05) is 38.0 Å². The third-order valence-electron chi connectivity index (χ3n) is 4.85. The van der Waals surface area contributed by atoms with Crippen LogP contribution in [0.25, 0.3) is 11.3 Å². The lowest BCUT2D eigenvalue weighted by atomic mass is 9.86. The van der Waals surface area contributed by atoms with Gasteiger partial charge in [-0.05, 0) is 29.7 Å². The van der Waals surface area contributed by atoms with Crippen LogP contribution in [-0.4, -0.2) is 11.5 Å². The van der Waals surface area contributed by atoms with Gasteiger partial charge in [0.25, 0.3) is 0 Å². The fraction of sp³-hybridized carbons (Fsp3) is 0.136. The first kappa shape index (κ1) is 15.9. The molecule has 0 radical (unpaired) electrons. The van der Waals surface area contributed by atoms with Crippen LogP contribution in [0.5, 0.6) is 0 Å². The molecule has 0 saturated carbocycles. The molecular weight excluding hydrogens is 358 g/mol. The number of allylic oxidation sites excluding steroid dienone is 4. The van der Waals surface area contributed by atoms with E-state index in [4.69, 9.17) is 4.74 Å². The van der Waals surface area contributed by atoms with Crippen LogP contribution in [0.3, 0.4) is 0 Å². The summed E-state index contributed by atoms with van der Waals surface area (Å²) in [5, 5.41) is 9.29. The van der Waals surface area contributed by atoms with Crippen LogP contribution in [-0.2, 0) is 4.74 Å². The fourth-order valence-corrected chi connectivity index (χ4v) is 5.85. The Labute approximate surface area is 161 Å². The van der Waals surface area contributed by atoms with Crippen molar-refractivity contribution in [2.75, 3.05) is 11.5 Å². The van der Waals surface area contributed by atoms with E-state index in [-0.39, 0.29) is 0 Å². The average Bonchev–Trinajstić information content (AvgIpc) is 2.87. The van der Waals surface area contributed by atoms with Crippen molar-refractivity contribution >= 4 is 34.9 Å². The molecule has 2 aromatic rings. The van der Waals surface area contributed by atoms with Gasteiger partial charge in [-0.3, -0.25) is 0 Å². The minimum Gasteiger partial charge on any atom is -0.455 e. The fourth-order valence-electron chi connectivity index (χ4n) is 3.74. The first-order chi connectivity index (χ1) is 12.9. The van der Waals surface area contributed by atoms with Crippen molar-refractivity contribution in [1.82, 2.24) is 0 Å². The maximum absolute atomic E-state index is 9.29. The van der Waals surface area contributed by atoms with Gasteiger partial charge in [0.2, 0.25) is 0 Å². The summed E-state index contributed by atoms with van der Waals surface area (Å²) in [6, 6.07) is 19.2. The predicted molar refractivity (Wildman–Crippen MR) is 108 cm³/mol. The lowest BCUT2D eigenvalue weighted by Crippen LogP contribution is -2.15. The number of thioether (sulfide) groups is 2. The molecule has 0 amide bonds. The van der Waals surface area contributed by atoms with E-state index in [2.05, 4.69) is 54.6 Å². The van der Waals surface area contributed by atoms with Crippen LogP contribution in [0.15, 0.2) is 81.3 Å². The van der Waals surface area contributed by atoms with Gasteiger partial charge in [-0.1, -0.05) is 36.4 Å². The Balaban J connectivity index is 1.82. The Bertz CT molecular complexity index is 1060. The molecule has 26 heavy (non-hydrogen) atoms. The molecule has 5 rings (SSSR count). The lowest BCUT2D eigenvalue weighted by Gasteiger charge is -2.31. The maximum atomic E-state index is 9.29. The van der Waals surface area contributed by atoms with Crippen LogP contribution in [0.4, 0.5) is 0 Å². The molecule has 0 unspecified atom stereocenters. The average molecular weight is 374 g/mol. The smallest absolute Gasteiger partial charge is 0.142 e. The molecule has 0 aromatic heterocycles. The molecule has 4 heteroatoms. The molecule has 0 spiro atoms. The summed E-state index contributed by atoms with van der Waals surface area (Å²) >= 11 is 3.70. The molecule has 0 bridgehead atoms. The van der Waals surface area contributed by atoms with Gasteiger partial charge in [-0.15, -0.1) is 23.5 Å². The van der Waals surface area contributed by atoms with Gasteiger partial charge >= 0.3 is 0 Å². The zero-order chi connectivity index (χ0) is 17.5. The number of hydrogen-bond acceptors (Lipinski definition) is 4. The maximum Gasteiger partial charge on any atom is 0.142 e. The molecule has 126 valence electrons. The Hall–Kier alpha value is -2.35. The summed E-state index contributed by atoms with van der Waals surface area (Å²) in [5.41, 5.74) is 6.11. The second-order valence-electron chi connectivity index (χ2n) is 6.28. The number of nitrogens with zero attached hydrogens (tertiary/aromatic N) is 1. The highest BCUT2D eigenvalue weighted by Crippen LogP contribution is 2.51. The third-order valence-corrected chi connectivity index (χ3v) is 7.03. The molecule has 0 atom stereocenters. The van der Waals surface area contributed by atoms with Crippen LogP contribution in [0.2, 0.25) is 0 Å². The van der Waals surface area contributed by atoms with E-state index >= 15 is 0 Å². The Kier molecular flexibility index (Phi) is 3.92. The zero-order valence-electron chi connectivity index (χ0n) is 14.0. The van der Waals surface area contributed by atoms with Crippen molar-refractivity contribution in [3.8, 4) is 6.07 Å². The van der Waals surface area contributed by atoms with E-state index in [0.717, 1.165) is 34.8 Å². The summed E-state index contributed by atoms with van der Waals surface area (Å²) in [5.74, 6) is 3.49. The number of rotatable bonds is 0. The number of nitriles is 1. The van der Waals surface area contributed by atoms with Crippen LogP contribution in [0, 0.1) is 11.3 Å². The SMILES string of the molecule is N#C/C=C1/OC2=C(CCSc3ccccc32)C2=C1CSc1ccccc12. The summed E-state index contributed by atoms with van der Waals surface area (Å²) in [7, 11) is 0. The van der Waals surface area contributed by atoms with E-state index in [1.807, 2.05) is 23.5 Å². The van der Waals surface area contributed by atoms with Crippen molar-refractivity contribution in [2.45, 2.75) is 16.2 Å². The van der Waals surface area contributed by atoms with E-state index in [9.17, 15) is 5.26 Å². The Morgan fingerprint density at radius 3 is 2.46 bits per heavy atom. The molecule has 2 nitrogen and oxygen atoms in total. The highest BCUT2D eigenvalue weighted by molar-refractivity contribution is 7.99. The summed E-state index contributed by atoms with van der Waals surface area (Å²) < 4.78 is 6.36. The van der Waals surface area contributed by atoms with E-state index in [0.29, 0.717) is 5.76 Å². The standard InChI is InChI=1S/C22H15NOS2/c23-11-9-18-17-13-26-19-7-3-1-5-14(19)21(17)16-10-12-25-20-8-4-2-6-15(20)22(16)24-18/h1-9H,10,12-13H2/b18-9+. The highest BCUT2D eigenvalue weighted by Gasteiger charge is 2.34. The number of ether oxygens (including phenoxy) is 1. The Morgan fingerprint density at radius 1 is 0.923 bits per heavy atom. The molecule has 3 aliphatic heterocycles. The molecule has 2 aromatic carbocycles. The van der Waals surface area contributed by atoms with Crippen molar-refractivity contribution in [3.05, 3.63) is 82.6 Å². The van der Waals surface area contributed by atoms with E-state index in [1.165, 1.54) is 26.5 Å². The highest BCUT2D eigenvalue weighted by atomic mass is 32.2. The lowest BCUT2D eigenvalue weighted by molar-refractivity contribution is 0.385. The van der Waals surface area contributed by atoms with Crippen molar-refractivity contribution in [1.29, 1.82) is 5.26 Å². The minimum atomic E-state index is 0.699. The first-order valence-corrected chi connectivity index (χ1v) is 10.5. The van der Waals surface area contributed by atoms with Crippen molar-refractivity contribution in [2.24, 2.45) is 0 Å². The quantitative estimate of drug-likeness (QED) is 0.539. The molecular formula is C22H15NOS2. The minimum absolute atomic E-state index is 0.699. The van der Waals surface area contributed by atoms with Crippen LogP contribution < -0.4 is 0 Å². The van der Waals surface area contributed by atoms with E-state index in [1.54, 1.807) is 6.08 Å². The second-order valence-corrected chi connectivity index (χ2v) is 8.43. The molecule has 3 aliphatic rings. The third kappa shape index (κ3) is 2.43. The molecule has 0 aliphatic carbocycles. The summed E-state index contributed by atoms with van der Waals surface area (Å²) in [6.45, 7) is 0. The van der Waals surface area contributed by atoms with Crippen molar-refractivity contribution in [3.63, 3.8) is 0 Å². The largest absolute Gasteiger partial charge is 0.455 e. The molecule has 0 saturated heterocycles. The monoisotopic (exact) mass is 373 g/mol. The van der Waals surface area contributed by atoms with Gasteiger partial charge in [-0.2, -0.15) is 5.26 Å². The zero-order valence-corrected chi connectivity index (χ0v) is 15.6. The summed E-state index contributed by atoms with van der Waals surface area (Å²) in [4.78, 5) is 2.55. The van der Waals surface area contributed by atoms with Crippen LogP contribution >= 0.6 is 23.5 Å². The van der Waals surface area contributed by atoms with E-state index < -0.39 is 0 Å². The van der Waals surface area contributed by atoms with Gasteiger partial charge in [0.1, 0.15) is 11.5 Å². The van der Waals surface area contributed by atoms with Crippen molar-refractivity contribution < 1.29 is 4.74 Å².